The highest BCUT2D eigenvalue weighted by Gasteiger charge is 2.20. The summed E-state index contributed by atoms with van der Waals surface area (Å²) < 4.78 is 0. The second-order valence-electron chi connectivity index (χ2n) is 5.55. The van der Waals surface area contributed by atoms with Gasteiger partial charge in [0.05, 0.1) is 6.20 Å². The van der Waals surface area contributed by atoms with Crippen molar-refractivity contribution in [2.75, 3.05) is 24.5 Å². The van der Waals surface area contributed by atoms with E-state index in [9.17, 15) is 0 Å². The summed E-state index contributed by atoms with van der Waals surface area (Å²) >= 11 is 0. The number of rotatable bonds is 4. The topological polar surface area (TPSA) is 41.1 Å². The van der Waals surface area contributed by atoms with E-state index in [1.807, 2.05) is 6.20 Å². The van der Waals surface area contributed by atoms with Gasteiger partial charge < -0.3 is 10.2 Å². The minimum atomic E-state index is 0.461. The van der Waals surface area contributed by atoms with Crippen molar-refractivity contribution in [2.24, 2.45) is 5.92 Å². The minimum absolute atomic E-state index is 0.461. The summed E-state index contributed by atoms with van der Waals surface area (Å²) in [5.74, 6) is 1.74. The molecule has 1 aromatic rings. The number of hydrogen-bond acceptors (Lipinski definition) is 4. The molecule has 18 heavy (non-hydrogen) atoms. The van der Waals surface area contributed by atoms with Crippen LogP contribution in [0.3, 0.4) is 0 Å². The maximum atomic E-state index is 4.28. The molecule has 0 spiro atoms. The molecule has 100 valence electrons. The van der Waals surface area contributed by atoms with Crippen LogP contribution >= 0.6 is 0 Å². The molecule has 0 saturated carbocycles. The second kappa shape index (κ2) is 6.14. The monoisotopic (exact) mass is 248 g/mol. The van der Waals surface area contributed by atoms with Crippen LogP contribution in [0.15, 0.2) is 12.3 Å². The van der Waals surface area contributed by atoms with Crippen molar-refractivity contribution in [2.45, 2.75) is 39.7 Å². The lowest BCUT2D eigenvalue weighted by Gasteiger charge is -2.33. The lowest BCUT2D eigenvalue weighted by Crippen LogP contribution is -2.41. The molecular weight excluding hydrogens is 224 g/mol. The largest absolute Gasteiger partial charge is 0.352 e. The molecule has 1 saturated heterocycles. The van der Waals surface area contributed by atoms with E-state index < -0.39 is 0 Å². The fraction of sp³-hybridized carbons (Fsp3) is 0.714. The predicted molar refractivity (Wildman–Crippen MR) is 74.8 cm³/mol. The van der Waals surface area contributed by atoms with E-state index in [0.717, 1.165) is 24.8 Å². The highest BCUT2D eigenvalue weighted by Crippen LogP contribution is 2.19. The van der Waals surface area contributed by atoms with Gasteiger partial charge in [-0.15, -0.1) is 5.10 Å². The number of nitrogens with zero attached hydrogens (tertiary/aromatic N) is 3. The molecule has 4 nitrogen and oxygen atoms in total. The average Bonchev–Trinajstić information content (AvgIpc) is 2.37. The molecule has 0 bridgehead atoms. The van der Waals surface area contributed by atoms with E-state index in [4.69, 9.17) is 0 Å². The summed E-state index contributed by atoms with van der Waals surface area (Å²) in [5, 5.41) is 11.8. The summed E-state index contributed by atoms with van der Waals surface area (Å²) in [7, 11) is 0. The number of hydrogen-bond donors (Lipinski definition) is 1. The summed E-state index contributed by atoms with van der Waals surface area (Å²) in [5.41, 5.74) is 1.17. The van der Waals surface area contributed by atoms with Gasteiger partial charge >= 0.3 is 0 Å². The molecule has 1 fully saturated rings. The van der Waals surface area contributed by atoms with Crippen molar-refractivity contribution < 1.29 is 0 Å². The fourth-order valence-corrected chi connectivity index (χ4v) is 2.52. The number of nitrogens with one attached hydrogen (secondary N) is 1. The van der Waals surface area contributed by atoms with Gasteiger partial charge in [-0.1, -0.05) is 0 Å². The second-order valence-corrected chi connectivity index (χ2v) is 5.55. The van der Waals surface area contributed by atoms with Gasteiger partial charge in [-0.25, -0.2) is 0 Å². The smallest absolute Gasteiger partial charge is 0.151 e. The van der Waals surface area contributed by atoms with Crippen molar-refractivity contribution in [1.82, 2.24) is 15.5 Å². The van der Waals surface area contributed by atoms with Crippen LogP contribution in [0, 0.1) is 12.8 Å². The molecule has 1 aliphatic rings. The summed E-state index contributed by atoms with van der Waals surface area (Å²) in [4.78, 5) is 2.37. The SMILES string of the molecule is Cc1cnnc(N(CC2CCCNC2)C(C)C)c1. The van der Waals surface area contributed by atoms with Crippen molar-refractivity contribution in [3.63, 3.8) is 0 Å². The normalized spacial score (nSPS) is 20.1. The van der Waals surface area contributed by atoms with Crippen LogP contribution in [0.2, 0.25) is 0 Å². The lowest BCUT2D eigenvalue weighted by atomic mass is 9.98. The summed E-state index contributed by atoms with van der Waals surface area (Å²) in [6.45, 7) is 9.88. The van der Waals surface area contributed by atoms with Crippen LogP contribution in [0.25, 0.3) is 0 Å². The number of piperidine rings is 1. The van der Waals surface area contributed by atoms with Gasteiger partial charge in [0.1, 0.15) is 0 Å². The van der Waals surface area contributed by atoms with Crippen molar-refractivity contribution >= 4 is 5.82 Å². The Morgan fingerprint density at radius 1 is 1.50 bits per heavy atom. The zero-order chi connectivity index (χ0) is 13.0. The molecule has 1 N–H and O–H groups in total. The molecule has 0 aromatic carbocycles. The van der Waals surface area contributed by atoms with Gasteiger partial charge in [-0.2, -0.15) is 5.10 Å². The Bertz CT molecular complexity index is 372. The van der Waals surface area contributed by atoms with Crippen molar-refractivity contribution in [3.05, 3.63) is 17.8 Å². The first kappa shape index (κ1) is 13.3. The Balaban J connectivity index is 2.07. The van der Waals surface area contributed by atoms with E-state index in [2.05, 4.69) is 47.3 Å². The third-order valence-corrected chi connectivity index (χ3v) is 3.55. The zero-order valence-corrected chi connectivity index (χ0v) is 11.7. The molecule has 0 aliphatic carbocycles. The maximum absolute atomic E-state index is 4.28. The van der Waals surface area contributed by atoms with Gasteiger partial charge in [-0.3, -0.25) is 0 Å². The lowest BCUT2D eigenvalue weighted by molar-refractivity contribution is 0.370. The third kappa shape index (κ3) is 3.42. The average molecular weight is 248 g/mol. The van der Waals surface area contributed by atoms with E-state index in [0.29, 0.717) is 6.04 Å². The van der Waals surface area contributed by atoms with Crippen LogP contribution in [0.1, 0.15) is 32.3 Å². The van der Waals surface area contributed by atoms with Crippen LogP contribution in [-0.4, -0.2) is 35.9 Å². The number of anilines is 1. The van der Waals surface area contributed by atoms with Crippen molar-refractivity contribution in [1.29, 1.82) is 0 Å². The molecule has 0 radical (unpaired) electrons. The van der Waals surface area contributed by atoms with E-state index in [1.54, 1.807) is 0 Å². The van der Waals surface area contributed by atoms with E-state index in [1.165, 1.54) is 24.9 Å². The van der Waals surface area contributed by atoms with Crippen LogP contribution in [0.4, 0.5) is 5.82 Å². The maximum Gasteiger partial charge on any atom is 0.151 e. The predicted octanol–water partition coefficient (Wildman–Crippen LogP) is 2.00. The highest BCUT2D eigenvalue weighted by molar-refractivity contribution is 5.40. The third-order valence-electron chi connectivity index (χ3n) is 3.55. The zero-order valence-electron chi connectivity index (χ0n) is 11.7. The van der Waals surface area contributed by atoms with E-state index >= 15 is 0 Å². The van der Waals surface area contributed by atoms with Crippen LogP contribution in [-0.2, 0) is 0 Å². The van der Waals surface area contributed by atoms with Crippen molar-refractivity contribution in [3.8, 4) is 0 Å². The van der Waals surface area contributed by atoms with Crippen LogP contribution in [0.5, 0.6) is 0 Å². The standard InChI is InChI=1S/C14H24N4/c1-11(2)18(10-13-5-4-6-15-9-13)14-7-12(3)8-16-17-14/h7-8,11,13,15H,4-6,9-10H2,1-3H3. The molecule has 1 unspecified atom stereocenters. The summed E-state index contributed by atoms with van der Waals surface area (Å²) in [6.07, 6.45) is 4.41. The first-order valence-corrected chi connectivity index (χ1v) is 6.93. The highest BCUT2D eigenvalue weighted by atomic mass is 15.3. The Kier molecular flexibility index (Phi) is 4.53. The van der Waals surface area contributed by atoms with Crippen LogP contribution < -0.4 is 10.2 Å². The molecular formula is C14H24N4. The molecule has 2 heterocycles. The summed E-state index contributed by atoms with van der Waals surface area (Å²) in [6, 6.07) is 2.59. The van der Waals surface area contributed by atoms with E-state index in [-0.39, 0.29) is 0 Å². The minimum Gasteiger partial charge on any atom is -0.352 e. The Morgan fingerprint density at radius 2 is 2.33 bits per heavy atom. The fourth-order valence-electron chi connectivity index (χ4n) is 2.52. The molecule has 4 heteroatoms. The quantitative estimate of drug-likeness (QED) is 0.885. The van der Waals surface area contributed by atoms with Gasteiger partial charge in [0.2, 0.25) is 0 Å². The Hall–Kier alpha value is -1.16. The molecule has 1 atom stereocenters. The van der Waals surface area contributed by atoms with Gasteiger partial charge in [0.15, 0.2) is 5.82 Å². The van der Waals surface area contributed by atoms with Gasteiger partial charge in [0, 0.05) is 12.6 Å². The first-order valence-electron chi connectivity index (χ1n) is 6.93. The molecule has 0 amide bonds. The van der Waals surface area contributed by atoms with Gasteiger partial charge in [-0.05, 0) is 64.3 Å². The first-order chi connectivity index (χ1) is 8.66. The molecule has 1 aliphatic heterocycles. The van der Waals surface area contributed by atoms with Gasteiger partial charge in [0.25, 0.3) is 0 Å². The molecule has 1 aromatic heterocycles. The number of aromatic nitrogens is 2. The number of aryl methyl sites for hydroxylation is 1. The molecule has 2 rings (SSSR count). The Morgan fingerprint density at radius 3 is 2.94 bits per heavy atom. The Labute approximate surface area is 110 Å².